The number of carbonyl (C=O) groups excluding carboxylic acids is 2. The first-order valence-corrected chi connectivity index (χ1v) is 13.1. The summed E-state index contributed by atoms with van der Waals surface area (Å²) in [6, 6.07) is 12.2. The van der Waals surface area contributed by atoms with Gasteiger partial charge in [0.25, 0.3) is 5.91 Å². The maximum absolute atomic E-state index is 13.9. The van der Waals surface area contributed by atoms with Crippen molar-refractivity contribution in [3.63, 3.8) is 0 Å². The van der Waals surface area contributed by atoms with E-state index in [-0.39, 0.29) is 17.8 Å². The second-order valence-electron chi connectivity index (χ2n) is 10.9. The number of rotatable bonds is 4. The van der Waals surface area contributed by atoms with Gasteiger partial charge in [-0.1, -0.05) is 0 Å². The van der Waals surface area contributed by atoms with Crippen LogP contribution in [-0.2, 0) is 18.3 Å². The van der Waals surface area contributed by atoms with Crippen LogP contribution in [0.5, 0.6) is 0 Å². The van der Waals surface area contributed by atoms with E-state index >= 15 is 0 Å². The molecule has 8 nitrogen and oxygen atoms in total. The van der Waals surface area contributed by atoms with Crippen LogP contribution in [0.15, 0.2) is 42.5 Å². The largest absolute Gasteiger partial charge is 0.444 e. The van der Waals surface area contributed by atoms with Crippen molar-refractivity contribution in [3.05, 3.63) is 53.8 Å². The second kappa shape index (κ2) is 9.78. The number of ether oxygens (including phenoxy) is 1. The van der Waals surface area contributed by atoms with E-state index in [0.29, 0.717) is 30.7 Å². The molecule has 38 heavy (non-hydrogen) atoms. The summed E-state index contributed by atoms with van der Waals surface area (Å²) in [4.78, 5) is 32.3. The van der Waals surface area contributed by atoms with E-state index in [9.17, 15) is 14.0 Å². The van der Waals surface area contributed by atoms with Crippen LogP contribution in [0.1, 0.15) is 50.9 Å². The molecule has 0 aliphatic carbocycles. The normalized spacial score (nSPS) is 16.3. The maximum atomic E-state index is 13.9. The van der Waals surface area contributed by atoms with Gasteiger partial charge in [0.1, 0.15) is 11.4 Å². The minimum Gasteiger partial charge on any atom is -0.444 e. The summed E-state index contributed by atoms with van der Waals surface area (Å²) in [5.74, 6) is 0.391. The van der Waals surface area contributed by atoms with E-state index < -0.39 is 11.7 Å². The van der Waals surface area contributed by atoms with Gasteiger partial charge in [0, 0.05) is 49.2 Å². The Hall–Kier alpha value is -3.88. The lowest BCUT2D eigenvalue weighted by Gasteiger charge is -2.33. The van der Waals surface area contributed by atoms with E-state index in [0.717, 1.165) is 40.8 Å². The number of aryl methyl sites for hydroxylation is 2. The summed E-state index contributed by atoms with van der Waals surface area (Å²) in [6.45, 7) is 9.29. The summed E-state index contributed by atoms with van der Waals surface area (Å²) in [7, 11) is 1.95. The number of halogens is 1. The smallest absolute Gasteiger partial charge is 0.407 e. The Kier molecular flexibility index (Phi) is 6.63. The highest BCUT2D eigenvalue weighted by atomic mass is 19.1. The summed E-state index contributed by atoms with van der Waals surface area (Å²) < 4.78 is 23.4. The average Bonchev–Trinajstić information content (AvgIpc) is 3.38. The molecule has 2 aromatic carbocycles. The van der Waals surface area contributed by atoms with Crippen molar-refractivity contribution in [2.75, 3.05) is 13.1 Å². The molecule has 4 aromatic rings. The van der Waals surface area contributed by atoms with Gasteiger partial charge in [-0.3, -0.25) is 4.79 Å². The molecule has 2 aromatic heterocycles. The van der Waals surface area contributed by atoms with Crippen molar-refractivity contribution in [1.29, 1.82) is 0 Å². The number of nitrogens with one attached hydrogen (secondary N) is 1. The van der Waals surface area contributed by atoms with Gasteiger partial charge < -0.3 is 24.1 Å². The van der Waals surface area contributed by atoms with Gasteiger partial charge in [0.15, 0.2) is 5.82 Å². The second-order valence-corrected chi connectivity index (χ2v) is 10.9. The van der Waals surface area contributed by atoms with Crippen molar-refractivity contribution < 1.29 is 18.7 Å². The molecule has 0 spiro atoms. The first-order valence-electron chi connectivity index (χ1n) is 13.1. The van der Waals surface area contributed by atoms with E-state index in [4.69, 9.17) is 9.72 Å². The first-order chi connectivity index (χ1) is 18.0. The number of likely N-dealkylation sites (tertiary alicyclic amines) is 1. The summed E-state index contributed by atoms with van der Waals surface area (Å²) >= 11 is 0. The number of hydrogen-bond acceptors (Lipinski definition) is 4. The number of hydrogen-bond donors (Lipinski definition) is 1. The molecule has 1 aliphatic heterocycles. The number of imidazole rings is 1. The topological polar surface area (TPSA) is 81.4 Å². The zero-order chi connectivity index (χ0) is 27.2. The summed E-state index contributed by atoms with van der Waals surface area (Å²) in [5, 5.41) is 3.72. The minimum absolute atomic E-state index is 0.0899. The van der Waals surface area contributed by atoms with Gasteiger partial charge in [-0.15, -0.1) is 0 Å². The number of piperidine rings is 1. The molecular weight excluding hydrogens is 485 g/mol. The fourth-order valence-corrected chi connectivity index (χ4v) is 5.27. The predicted octanol–water partition coefficient (Wildman–Crippen LogP) is 5.48. The van der Waals surface area contributed by atoms with Gasteiger partial charge in [-0.25, -0.2) is 14.2 Å². The molecule has 1 N–H and O–H groups in total. The Morgan fingerprint density at radius 1 is 1.13 bits per heavy atom. The van der Waals surface area contributed by atoms with E-state index in [1.54, 1.807) is 11.0 Å². The third-order valence-corrected chi connectivity index (χ3v) is 6.97. The van der Waals surface area contributed by atoms with Gasteiger partial charge in [0.2, 0.25) is 0 Å². The Morgan fingerprint density at radius 3 is 2.63 bits per heavy atom. The van der Waals surface area contributed by atoms with Crippen molar-refractivity contribution in [1.82, 2.24) is 24.3 Å². The first kappa shape index (κ1) is 25.8. The van der Waals surface area contributed by atoms with Crippen LogP contribution in [0, 0.1) is 5.82 Å². The molecule has 1 atom stereocenters. The number of aromatic nitrogens is 3. The third-order valence-electron chi connectivity index (χ3n) is 6.97. The molecule has 0 bridgehead atoms. The van der Waals surface area contributed by atoms with E-state index in [1.165, 1.54) is 12.1 Å². The van der Waals surface area contributed by atoms with E-state index in [1.807, 2.05) is 56.7 Å². The number of benzene rings is 2. The minimum atomic E-state index is -0.577. The molecule has 0 saturated carbocycles. The molecule has 0 radical (unpaired) electrons. The average molecular weight is 520 g/mol. The fraction of sp³-hybridized carbons (Fsp3) is 0.414. The molecule has 3 heterocycles. The Balaban J connectivity index is 1.40. The van der Waals surface area contributed by atoms with Gasteiger partial charge >= 0.3 is 6.09 Å². The molecule has 200 valence electrons. The fourth-order valence-electron chi connectivity index (χ4n) is 5.27. The SMILES string of the molecule is CCn1c(-c2nc3cc(C(=O)N4CCC[C@@H](NC(=O)OC(C)(C)C)C4)ccc3n2C)cc2cc(F)ccc21. The van der Waals surface area contributed by atoms with Gasteiger partial charge in [-0.2, -0.15) is 0 Å². The van der Waals surface area contributed by atoms with Crippen LogP contribution in [-0.4, -0.2) is 55.8 Å². The van der Waals surface area contributed by atoms with Crippen LogP contribution < -0.4 is 5.32 Å². The van der Waals surface area contributed by atoms with Crippen molar-refractivity contribution in [2.24, 2.45) is 7.05 Å². The lowest BCUT2D eigenvalue weighted by molar-refractivity contribution is 0.0452. The summed E-state index contributed by atoms with van der Waals surface area (Å²) in [6.07, 6.45) is 1.12. The predicted molar refractivity (Wildman–Crippen MR) is 146 cm³/mol. The highest BCUT2D eigenvalue weighted by Crippen LogP contribution is 2.31. The Labute approximate surface area is 221 Å². The van der Waals surface area contributed by atoms with Gasteiger partial charge in [0.05, 0.1) is 16.7 Å². The van der Waals surface area contributed by atoms with Crippen LogP contribution in [0.3, 0.4) is 0 Å². The van der Waals surface area contributed by atoms with Crippen molar-refractivity contribution in [3.8, 4) is 11.5 Å². The quantitative estimate of drug-likeness (QED) is 0.387. The third kappa shape index (κ3) is 4.97. The lowest BCUT2D eigenvalue weighted by Crippen LogP contribution is -2.50. The van der Waals surface area contributed by atoms with Gasteiger partial charge in [-0.05, 0) is 83.0 Å². The summed E-state index contributed by atoms with van der Waals surface area (Å²) in [5.41, 5.74) is 3.44. The number of carbonyl (C=O) groups is 2. The highest BCUT2D eigenvalue weighted by molar-refractivity contribution is 5.98. The van der Waals surface area contributed by atoms with E-state index in [2.05, 4.69) is 16.8 Å². The Morgan fingerprint density at radius 2 is 1.89 bits per heavy atom. The molecule has 0 unspecified atom stereocenters. The van der Waals surface area contributed by atoms with Crippen LogP contribution >= 0.6 is 0 Å². The van der Waals surface area contributed by atoms with Crippen molar-refractivity contribution >= 4 is 33.9 Å². The lowest BCUT2D eigenvalue weighted by atomic mass is 10.0. The van der Waals surface area contributed by atoms with Crippen LogP contribution in [0.4, 0.5) is 9.18 Å². The van der Waals surface area contributed by atoms with Crippen molar-refractivity contribution in [2.45, 2.75) is 58.7 Å². The van der Waals surface area contributed by atoms with Crippen LogP contribution in [0.25, 0.3) is 33.5 Å². The molecule has 9 heteroatoms. The molecule has 5 rings (SSSR count). The number of fused-ring (bicyclic) bond motifs is 2. The zero-order valence-electron chi connectivity index (χ0n) is 22.5. The molecule has 1 aliphatic rings. The molecule has 1 fully saturated rings. The van der Waals surface area contributed by atoms with Crippen LogP contribution in [0.2, 0.25) is 0 Å². The monoisotopic (exact) mass is 519 g/mol. The molecule has 2 amide bonds. The standard InChI is InChI=1S/C29H34FN5O3/c1-6-35-23-12-10-20(30)14-19(23)16-25(35)26-32-22-15-18(9-11-24(22)33(26)5)27(36)34-13-7-8-21(17-34)31-28(37)38-29(2,3)4/h9-12,14-16,21H,6-8,13,17H2,1-5H3,(H,31,37)/t21-/m1/s1. The zero-order valence-corrected chi connectivity index (χ0v) is 22.5. The molecular formula is C29H34FN5O3. The number of alkyl carbamates (subject to hydrolysis) is 1. The molecule has 1 saturated heterocycles. The highest BCUT2D eigenvalue weighted by Gasteiger charge is 2.28. The Bertz CT molecular complexity index is 1530. The maximum Gasteiger partial charge on any atom is 0.407 e. The number of amides is 2. The number of nitrogens with zero attached hydrogens (tertiary/aromatic N) is 4.